The minimum Gasteiger partial charge on any atom is -0.370 e. The second kappa shape index (κ2) is 8.86. The lowest BCUT2D eigenvalue weighted by Crippen LogP contribution is -2.48. The number of benzene rings is 1. The van der Waals surface area contributed by atoms with Crippen LogP contribution in [-0.4, -0.2) is 78.4 Å². The lowest BCUT2D eigenvalue weighted by atomic mass is 10.1. The fourth-order valence-corrected chi connectivity index (χ4v) is 3.81. The molecule has 0 radical (unpaired) electrons. The minimum atomic E-state index is -0.169. The molecule has 0 saturated carbocycles. The molecule has 1 unspecified atom stereocenters. The van der Waals surface area contributed by atoms with E-state index in [-0.39, 0.29) is 12.0 Å². The van der Waals surface area contributed by atoms with Gasteiger partial charge in [0.1, 0.15) is 6.10 Å². The fraction of sp³-hybridized carbons (Fsp3) is 0.524. The van der Waals surface area contributed by atoms with Gasteiger partial charge in [-0.3, -0.25) is 14.4 Å². The molecule has 1 aromatic heterocycles. The molecule has 150 valence electrons. The van der Waals surface area contributed by atoms with Gasteiger partial charge in [0.05, 0.1) is 25.4 Å². The molecule has 2 aliphatic heterocycles. The maximum atomic E-state index is 12.3. The van der Waals surface area contributed by atoms with Crippen molar-refractivity contribution in [3.8, 4) is 0 Å². The summed E-state index contributed by atoms with van der Waals surface area (Å²) in [7, 11) is 2.12. The van der Waals surface area contributed by atoms with Gasteiger partial charge >= 0.3 is 0 Å². The molecule has 7 heteroatoms. The highest BCUT2D eigenvalue weighted by atomic mass is 16.5. The summed E-state index contributed by atoms with van der Waals surface area (Å²) in [4.78, 5) is 16.8. The van der Waals surface area contributed by atoms with Crippen molar-refractivity contribution >= 4 is 5.91 Å². The van der Waals surface area contributed by atoms with E-state index in [0.29, 0.717) is 19.7 Å². The van der Waals surface area contributed by atoms with Crippen LogP contribution in [0.1, 0.15) is 22.9 Å². The number of nitrogens with zero attached hydrogens (tertiary/aromatic N) is 4. The summed E-state index contributed by atoms with van der Waals surface area (Å²) in [5, 5.41) is 7.80. The normalized spacial score (nSPS) is 20.7. The third-order valence-electron chi connectivity index (χ3n) is 5.50. The van der Waals surface area contributed by atoms with E-state index in [0.717, 1.165) is 44.8 Å². The highest BCUT2D eigenvalue weighted by Gasteiger charge is 2.25. The van der Waals surface area contributed by atoms with Gasteiger partial charge in [0.25, 0.3) is 0 Å². The number of hydrogen-bond acceptors (Lipinski definition) is 5. The van der Waals surface area contributed by atoms with E-state index < -0.39 is 0 Å². The lowest BCUT2D eigenvalue weighted by Gasteiger charge is -2.32. The number of hydrogen-bond donors (Lipinski definition) is 1. The first-order valence-corrected chi connectivity index (χ1v) is 10.1. The van der Waals surface area contributed by atoms with Crippen LogP contribution in [0.2, 0.25) is 0 Å². The molecule has 28 heavy (non-hydrogen) atoms. The van der Waals surface area contributed by atoms with Crippen LogP contribution in [0.5, 0.6) is 0 Å². The Bertz CT molecular complexity index is 783. The third kappa shape index (κ3) is 4.79. The first kappa shape index (κ1) is 19.1. The number of fused-ring (bicyclic) bond motifs is 1. The maximum absolute atomic E-state index is 12.3. The number of carbonyl (C=O) groups excluding carboxylic acids is 1. The number of aromatic nitrogens is 2. The van der Waals surface area contributed by atoms with E-state index in [2.05, 4.69) is 40.5 Å². The van der Waals surface area contributed by atoms with Crippen LogP contribution in [-0.2, 0) is 22.5 Å². The van der Waals surface area contributed by atoms with Crippen molar-refractivity contribution in [2.45, 2.75) is 19.1 Å². The van der Waals surface area contributed by atoms with Crippen LogP contribution < -0.4 is 5.32 Å². The van der Waals surface area contributed by atoms with Crippen LogP contribution in [0.3, 0.4) is 0 Å². The molecular formula is C21H29N5O2. The van der Waals surface area contributed by atoms with Crippen LogP contribution in [0.4, 0.5) is 0 Å². The first-order chi connectivity index (χ1) is 13.7. The molecule has 7 nitrogen and oxygen atoms in total. The summed E-state index contributed by atoms with van der Waals surface area (Å²) in [6.45, 7) is 6.26. The number of rotatable bonds is 6. The van der Waals surface area contributed by atoms with Gasteiger partial charge < -0.3 is 15.0 Å². The molecule has 1 fully saturated rings. The number of likely N-dealkylation sites (N-methyl/N-ethyl adjacent to an activating group) is 1. The molecule has 0 spiro atoms. The maximum Gasteiger partial charge on any atom is 0.234 e. The summed E-state index contributed by atoms with van der Waals surface area (Å²) in [5.74, 6) is 0.0593. The number of carbonyl (C=O) groups is 1. The van der Waals surface area contributed by atoms with Gasteiger partial charge in [-0.15, -0.1) is 0 Å². The average molecular weight is 383 g/mol. The van der Waals surface area contributed by atoms with E-state index in [1.807, 2.05) is 22.9 Å². The Balaban J connectivity index is 1.32. The highest BCUT2D eigenvalue weighted by molar-refractivity contribution is 5.78. The van der Waals surface area contributed by atoms with Crippen molar-refractivity contribution in [2.75, 3.05) is 52.9 Å². The fourth-order valence-electron chi connectivity index (χ4n) is 3.81. The van der Waals surface area contributed by atoms with Gasteiger partial charge in [0.2, 0.25) is 5.91 Å². The zero-order valence-corrected chi connectivity index (χ0v) is 16.5. The second-order valence-electron chi connectivity index (χ2n) is 7.72. The monoisotopic (exact) mass is 383 g/mol. The number of nitrogens with one attached hydrogen (secondary N) is 1. The molecule has 3 heterocycles. The average Bonchev–Trinajstić information content (AvgIpc) is 3.12. The smallest absolute Gasteiger partial charge is 0.234 e. The molecule has 1 amide bonds. The Morgan fingerprint density at radius 3 is 2.79 bits per heavy atom. The summed E-state index contributed by atoms with van der Waals surface area (Å²) in [5.41, 5.74) is 3.41. The van der Waals surface area contributed by atoms with E-state index in [9.17, 15) is 4.79 Å². The van der Waals surface area contributed by atoms with Gasteiger partial charge in [0, 0.05) is 38.9 Å². The predicted molar refractivity (Wildman–Crippen MR) is 107 cm³/mol. The summed E-state index contributed by atoms with van der Waals surface area (Å²) < 4.78 is 7.89. The molecule has 2 aliphatic rings. The summed E-state index contributed by atoms with van der Waals surface area (Å²) >= 11 is 0. The van der Waals surface area contributed by atoms with Gasteiger partial charge in [-0.25, -0.2) is 0 Å². The van der Waals surface area contributed by atoms with E-state index >= 15 is 0 Å². The molecular weight excluding hydrogens is 354 g/mol. The van der Waals surface area contributed by atoms with Crippen molar-refractivity contribution in [1.29, 1.82) is 0 Å². The van der Waals surface area contributed by atoms with Crippen LogP contribution >= 0.6 is 0 Å². The van der Waals surface area contributed by atoms with E-state index in [1.54, 1.807) is 0 Å². The van der Waals surface area contributed by atoms with Crippen molar-refractivity contribution in [2.24, 2.45) is 0 Å². The van der Waals surface area contributed by atoms with Crippen molar-refractivity contribution in [3.05, 3.63) is 53.3 Å². The number of ether oxygens (including phenoxy) is 1. The Morgan fingerprint density at radius 2 is 2.00 bits per heavy atom. The van der Waals surface area contributed by atoms with Crippen molar-refractivity contribution in [3.63, 3.8) is 0 Å². The van der Waals surface area contributed by atoms with Gasteiger partial charge in [-0.2, -0.15) is 5.10 Å². The Hall–Kier alpha value is -2.22. The number of amides is 1. The Kier molecular flexibility index (Phi) is 6.04. The lowest BCUT2D eigenvalue weighted by molar-refractivity contribution is -0.123. The first-order valence-electron chi connectivity index (χ1n) is 10.1. The summed E-state index contributed by atoms with van der Waals surface area (Å²) in [6, 6.07) is 10.3. The van der Waals surface area contributed by atoms with Gasteiger partial charge in [-0.1, -0.05) is 30.3 Å². The molecule has 4 rings (SSSR count). The zero-order chi connectivity index (χ0) is 19.3. The molecule has 1 saturated heterocycles. The SMILES string of the molecule is CN1CCN(CC(=O)NCC2OCCc3cn(Cc4ccccc4)nc32)CC1. The second-order valence-corrected chi connectivity index (χ2v) is 7.72. The summed E-state index contributed by atoms with van der Waals surface area (Å²) in [6.07, 6.45) is 2.82. The van der Waals surface area contributed by atoms with Crippen molar-refractivity contribution in [1.82, 2.24) is 24.9 Å². The van der Waals surface area contributed by atoms with Crippen molar-refractivity contribution < 1.29 is 9.53 Å². The van der Waals surface area contributed by atoms with Crippen LogP contribution in [0, 0.1) is 0 Å². The topological polar surface area (TPSA) is 62.6 Å². The van der Waals surface area contributed by atoms with Gasteiger partial charge in [0.15, 0.2) is 0 Å². The Morgan fingerprint density at radius 1 is 1.21 bits per heavy atom. The molecule has 0 bridgehead atoms. The molecule has 0 aliphatic carbocycles. The van der Waals surface area contributed by atoms with Crippen LogP contribution in [0.15, 0.2) is 36.5 Å². The molecule has 1 atom stereocenters. The molecule has 2 aromatic rings. The predicted octanol–water partition coefficient (Wildman–Crippen LogP) is 0.909. The minimum absolute atomic E-state index is 0.0593. The standard InChI is InChI=1S/C21H29N5O2/c1-24-8-10-25(11-9-24)16-20(27)22-13-19-21-18(7-12-28-19)15-26(23-21)14-17-5-3-2-4-6-17/h2-6,15,19H,7-14,16H2,1H3,(H,22,27). The third-order valence-corrected chi connectivity index (χ3v) is 5.50. The van der Waals surface area contributed by atoms with Gasteiger partial charge in [-0.05, 0) is 24.6 Å². The highest BCUT2D eigenvalue weighted by Crippen LogP contribution is 2.25. The van der Waals surface area contributed by atoms with Crippen LogP contribution in [0.25, 0.3) is 0 Å². The Labute approximate surface area is 166 Å². The largest absolute Gasteiger partial charge is 0.370 e. The molecule has 1 aromatic carbocycles. The number of piperazine rings is 1. The van der Waals surface area contributed by atoms with E-state index in [1.165, 1.54) is 11.1 Å². The van der Waals surface area contributed by atoms with E-state index in [4.69, 9.17) is 9.84 Å². The quantitative estimate of drug-likeness (QED) is 0.803. The molecule has 1 N–H and O–H groups in total. The zero-order valence-electron chi connectivity index (χ0n) is 16.5.